The zero-order valence-corrected chi connectivity index (χ0v) is 11.9. The maximum Gasteiger partial charge on any atom is 0.322 e. The number of aliphatic carboxylic acids is 1. The Bertz CT molecular complexity index is 542. The summed E-state index contributed by atoms with van der Waals surface area (Å²) < 4.78 is 0. The van der Waals surface area contributed by atoms with E-state index in [1.54, 1.807) is 0 Å². The molecule has 0 bridgehead atoms. The summed E-state index contributed by atoms with van der Waals surface area (Å²) in [7, 11) is 0. The zero-order valence-electron chi connectivity index (χ0n) is 11.9. The van der Waals surface area contributed by atoms with Crippen LogP contribution in [0.15, 0.2) is 12.5 Å². The third-order valence-electron chi connectivity index (χ3n) is 2.53. The van der Waals surface area contributed by atoms with Crippen molar-refractivity contribution in [2.75, 3.05) is 13.1 Å². The Kier molecular flexibility index (Phi) is 6.54. The number of nitrogens with one attached hydrogen (secondary N) is 4. The molecule has 1 aromatic heterocycles. The number of carboxylic acids is 1. The highest BCUT2D eigenvalue weighted by Crippen LogP contribution is 1.99. The van der Waals surface area contributed by atoms with Crippen molar-refractivity contribution in [3.05, 3.63) is 18.2 Å². The number of carbonyl (C=O) groups excluding carboxylic acids is 3. The molecule has 0 fully saturated rings. The van der Waals surface area contributed by atoms with Crippen LogP contribution in [0, 0.1) is 0 Å². The van der Waals surface area contributed by atoms with Gasteiger partial charge in [0.25, 0.3) is 0 Å². The lowest BCUT2D eigenvalue weighted by molar-refractivity contribution is -0.138. The van der Waals surface area contributed by atoms with Gasteiger partial charge < -0.3 is 26.0 Å². The van der Waals surface area contributed by atoms with E-state index in [4.69, 9.17) is 5.11 Å². The van der Waals surface area contributed by atoms with Crippen molar-refractivity contribution < 1.29 is 24.3 Å². The molecule has 5 N–H and O–H groups in total. The van der Waals surface area contributed by atoms with Gasteiger partial charge >= 0.3 is 5.97 Å². The predicted molar refractivity (Wildman–Crippen MR) is 73.6 cm³/mol. The maximum absolute atomic E-state index is 12.0. The molecule has 10 heteroatoms. The third kappa shape index (κ3) is 6.50. The number of H-pyrrole nitrogens is 1. The van der Waals surface area contributed by atoms with E-state index >= 15 is 0 Å². The third-order valence-corrected chi connectivity index (χ3v) is 2.53. The summed E-state index contributed by atoms with van der Waals surface area (Å²) in [5, 5.41) is 15.3. The van der Waals surface area contributed by atoms with Crippen molar-refractivity contribution >= 4 is 23.7 Å². The Morgan fingerprint density at radius 3 is 2.55 bits per heavy atom. The second-order valence-electron chi connectivity index (χ2n) is 4.42. The molecule has 0 aliphatic rings. The second kappa shape index (κ2) is 8.39. The summed E-state index contributed by atoms with van der Waals surface area (Å²) in [6.07, 6.45) is 3.14. The Morgan fingerprint density at radius 2 is 2.00 bits per heavy atom. The minimum Gasteiger partial charge on any atom is -0.480 e. The van der Waals surface area contributed by atoms with E-state index in [0.717, 1.165) is 0 Å². The van der Waals surface area contributed by atoms with Crippen LogP contribution in [0.1, 0.15) is 12.6 Å². The number of carboxylic acid groups (broad SMARTS) is 1. The molecule has 10 nitrogen and oxygen atoms in total. The highest BCUT2D eigenvalue weighted by Gasteiger charge is 2.21. The number of aromatic nitrogens is 2. The van der Waals surface area contributed by atoms with Gasteiger partial charge in [0.15, 0.2) is 0 Å². The van der Waals surface area contributed by atoms with E-state index in [2.05, 4.69) is 25.9 Å². The Hall–Kier alpha value is -2.91. The first-order chi connectivity index (χ1) is 10.4. The molecule has 0 aliphatic carbocycles. The fraction of sp³-hybridized carbons (Fsp3) is 0.417. The van der Waals surface area contributed by atoms with Gasteiger partial charge in [0.1, 0.15) is 12.6 Å². The predicted octanol–water partition coefficient (Wildman–Crippen LogP) is -2.23. The van der Waals surface area contributed by atoms with Gasteiger partial charge in [0, 0.05) is 25.2 Å². The molecular formula is C12H17N5O5. The molecule has 120 valence electrons. The average molecular weight is 311 g/mol. The lowest BCUT2D eigenvalue weighted by atomic mass is 10.1. The number of rotatable bonds is 8. The Morgan fingerprint density at radius 1 is 1.27 bits per heavy atom. The highest BCUT2D eigenvalue weighted by molar-refractivity contribution is 5.90. The van der Waals surface area contributed by atoms with Crippen molar-refractivity contribution in [2.24, 2.45) is 0 Å². The van der Waals surface area contributed by atoms with Crippen molar-refractivity contribution in [2.45, 2.75) is 19.4 Å². The van der Waals surface area contributed by atoms with Crippen LogP contribution in [0.4, 0.5) is 0 Å². The van der Waals surface area contributed by atoms with Crippen LogP contribution in [-0.4, -0.2) is 57.9 Å². The molecule has 0 unspecified atom stereocenters. The smallest absolute Gasteiger partial charge is 0.322 e. The Balaban J connectivity index is 2.50. The van der Waals surface area contributed by atoms with Gasteiger partial charge in [-0.25, -0.2) is 4.98 Å². The molecular weight excluding hydrogens is 294 g/mol. The van der Waals surface area contributed by atoms with Crippen LogP contribution in [0.25, 0.3) is 0 Å². The molecule has 1 rings (SSSR count). The van der Waals surface area contributed by atoms with Crippen LogP contribution in [0.2, 0.25) is 0 Å². The molecule has 3 amide bonds. The SMILES string of the molecule is CC(=O)N[C@@H](Cc1cnc[nH]1)C(=O)NCC(=O)NCC(=O)O. The average Bonchev–Trinajstić information content (AvgIpc) is 2.94. The molecule has 1 heterocycles. The van der Waals surface area contributed by atoms with Crippen molar-refractivity contribution in [1.82, 2.24) is 25.9 Å². The molecule has 0 spiro atoms. The normalized spacial score (nSPS) is 11.3. The van der Waals surface area contributed by atoms with Gasteiger partial charge in [0.2, 0.25) is 17.7 Å². The van der Waals surface area contributed by atoms with Gasteiger partial charge in [-0.2, -0.15) is 0 Å². The number of imidazole rings is 1. The first-order valence-corrected chi connectivity index (χ1v) is 6.39. The highest BCUT2D eigenvalue weighted by atomic mass is 16.4. The first kappa shape index (κ1) is 17.1. The van der Waals surface area contributed by atoms with Crippen LogP contribution in [0.3, 0.4) is 0 Å². The molecule has 22 heavy (non-hydrogen) atoms. The summed E-state index contributed by atoms with van der Waals surface area (Å²) in [6.45, 7) is 0.357. The van der Waals surface area contributed by atoms with E-state index in [9.17, 15) is 19.2 Å². The maximum atomic E-state index is 12.0. The minimum absolute atomic E-state index is 0.183. The van der Waals surface area contributed by atoms with Crippen molar-refractivity contribution in [1.29, 1.82) is 0 Å². The number of hydrogen-bond acceptors (Lipinski definition) is 5. The molecule has 0 saturated heterocycles. The van der Waals surface area contributed by atoms with Crippen molar-refractivity contribution in [3.8, 4) is 0 Å². The van der Waals surface area contributed by atoms with Crippen LogP contribution >= 0.6 is 0 Å². The fourth-order valence-electron chi connectivity index (χ4n) is 1.60. The first-order valence-electron chi connectivity index (χ1n) is 6.39. The summed E-state index contributed by atoms with van der Waals surface area (Å²) in [5.41, 5.74) is 0.643. The zero-order chi connectivity index (χ0) is 16.5. The molecule has 1 aromatic rings. The molecule has 0 aliphatic heterocycles. The summed E-state index contributed by atoms with van der Waals surface area (Å²) in [6, 6.07) is -0.870. The molecule has 0 saturated carbocycles. The largest absolute Gasteiger partial charge is 0.480 e. The van der Waals surface area contributed by atoms with Gasteiger partial charge in [-0.15, -0.1) is 0 Å². The van der Waals surface area contributed by atoms with Gasteiger partial charge in [-0.05, 0) is 0 Å². The molecule has 0 radical (unpaired) electrons. The molecule has 1 atom stereocenters. The van der Waals surface area contributed by atoms with Gasteiger partial charge in [-0.1, -0.05) is 0 Å². The second-order valence-corrected chi connectivity index (χ2v) is 4.42. The standard InChI is InChI=1S/C12H17N5O5/c1-7(18)17-9(2-8-3-13-6-16-8)12(22)15-4-10(19)14-5-11(20)21/h3,6,9H,2,4-5H2,1H3,(H,13,16)(H,14,19)(H,15,22)(H,17,18)(H,20,21)/t9-/m0/s1. The Labute approximate surface area is 125 Å². The van der Waals surface area contributed by atoms with E-state index in [0.29, 0.717) is 5.69 Å². The lowest BCUT2D eigenvalue weighted by Gasteiger charge is -2.16. The van der Waals surface area contributed by atoms with E-state index in [1.807, 2.05) is 0 Å². The van der Waals surface area contributed by atoms with E-state index in [1.165, 1.54) is 19.4 Å². The van der Waals surface area contributed by atoms with Crippen LogP contribution in [-0.2, 0) is 25.6 Å². The van der Waals surface area contributed by atoms with Gasteiger partial charge in [0.05, 0.1) is 12.9 Å². The summed E-state index contributed by atoms with van der Waals surface area (Å²) in [4.78, 5) is 51.4. The topological polar surface area (TPSA) is 153 Å². The monoisotopic (exact) mass is 311 g/mol. The quantitative estimate of drug-likeness (QED) is 0.366. The number of amides is 3. The number of hydrogen-bond donors (Lipinski definition) is 5. The summed E-state index contributed by atoms with van der Waals surface area (Å²) in [5.74, 6) is -2.78. The molecule has 0 aromatic carbocycles. The number of nitrogens with zero attached hydrogens (tertiary/aromatic N) is 1. The van der Waals surface area contributed by atoms with E-state index < -0.39 is 36.3 Å². The fourth-order valence-corrected chi connectivity index (χ4v) is 1.60. The van der Waals surface area contributed by atoms with Crippen molar-refractivity contribution in [3.63, 3.8) is 0 Å². The van der Waals surface area contributed by atoms with Crippen LogP contribution in [0.5, 0.6) is 0 Å². The minimum atomic E-state index is -1.19. The summed E-state index contributed by atoms with van der Waals surface area (Å²) >= 11 is 0. The lowest BCUT2D eigenvalue weighted by Crippen LogP contribution is -2.49. The van der Waals surface area contributed by atoms with Crippen LogP contribution < -0.4 is 16.0 Å². The van der Waals surface area contributed by atoms with E-state index in [-0.39, 0.29) is 13.0 Å². The number of carbonyl (C=O) groups is 4. The number of aromatic amines is 1. The van der Waals surface area contributed by atoms with Gasteiger partial charge in [-0.3, -0.25) is 19.2 Å².